The second-order valence-corrected chi connectivity index (χ2v) is 7.06. The van der Waals surface area contributed by atoms with Crippen LogP contribution in [0, 0.1) is 10.1 Å². The Morgan fingerprint density at radius 3 is 2.56 bits per heavy atom. The molecule has 0 saturated carbocycles. The molecular weight excluding hydrogens is 481 g/mol. The molecule has 3 aromatic rings. The number of aromatic nitrogens is 1. The van der Waals surface area contributed by atoms with Crippen LogP contribution in [-0.2, 0) is 15.7 Å². The largest absolute Gasteiger partial charge is 0.452 e. The van der Waals surface area contributed by atoms with Crippen LogP contribution < -0.4 is 10.6 Å². The molecule has 0 fully saturated rings. The number of benzene rings is 2. The Kier molecular flexibility index (Phi) is 7.31. The Morgan fingerprint density at radius 1 is 1.12 bits per heavy atom. The van der Waals surface area contributed by atoms with Crippen LogP contribution in [0.4, 0.5) is 36.1 Å². The number of non-ortho nitro benzene ring substituents is 1. The van der Waals surface area contributed by atoms with Gasteiger partial charge in [-0.3, -0.25) is 14.9 Å². The summed E-state index contributed by atoms with van der Waals surface area (Å²) in [5.74, 6) is -1.82. The van der Waals surface area contributed by atoms with Crippen LogP contribution in [0.3, 0.4) is 0 Å². The Labute approximate surface area is 194 Å². The van der Waals surface area contributed by atoms with Gasteiger partial charge in [-0.1, -0.05) is 17.7 Å². The van der Waals surface area contributed by atoms with Crippen LogP contribution in [0.15, 0.2) is 60.8 Å². The standard InChI is InChI=1S/C21H14ClF3N4O5/c22-16-10-14(29(32)33)6-7-17(16)28-18(30)11-34-20(31)15-5-2-8-26-19(15)27-13-4-1-3-12(9-13)21(23,24)25/h1-10H,11H2,(H,26,27)(H,28,30). The van der Waals surface area contributed by atoms with Gasteiger partial charge < -0.3 is 15.4 Å². The SMILES string of the molecule is O=C(COC(=O)c1cccnc1Nc1cccc(C(F)(F)F)c1)Nc1ccc([N+](=O)[O-])cc1Cl. The molecule has 0 aliphatic rings. The lowest BCUT2D eigenvalue weighted by molar-refractivity contribution is -0.384. The number of esters is 1. The van der Waals surface area contributed by atoms with Crippen molar-refractivity contribution in [1.29, 1.82) is 0 Å². The van der Waals surface area contributed by atoms with Crippen LogP contribution in [0.25, 0.3) is 0 Å². The topological polar surface area (TPSA) is 123 Å². The zero-order chi connectivity index (χ0) is 24.9. The number of rotatable bonds is 7. The van der Waals surface area contributed by atoms with Gasteiger partial charge in [0.05, 0.1) is 21.2 Å². The number of amides is 1. The van der Waals surface area contributed by atoms with Crippen molar-refractivity contribution in [3.05, 3.63) is 87.1 Å². The fourth-order valence-corrected chi connectivity index (χ4v) is 2.92. The van der Waals surface area contributed by atoms with E-state index in [1.807, 2.05) is 0 Å². The number of hydrogen-bond donors (Lipinski definition) is 2. The quantitative estimate of drug-likeness (QED) is 0.263. The second kappa shape index (κ2) is 10.2. The summed E-state index contributed by atoms with van der Waals surface area (Å²) >= 11 is 5.90. The molecule has 0 bridgehead atoms. The highest BCUT2D eigenvalue weighted by Gasteiger charge is 2.30. The van der Waals surface area contributed by atoms with Gasteiger partial charge in [-0.15, -0.1) is 0 Å². The molecule has 0 radical (unpaired) electrons. The van der Waals surface area contributed by atoms with Crippen molar-refractivity contribution in [2.24, 2.45) is 0 Å². The Balaban J connectivity index is 1.66. The zero-order valence-electron chi connectivity index (χ0n) is 16.9. The van der Waals surface area contributed by atoms with Crippen molar-refractivity contribution in [2.75, 3.05) is 17.2 Å². The zero-order valence-corrected chi connectivity index (χ0v) is 17.7. The van der Waals surface area contributed by atoms with E-state index in [2.05, 4.69) is 15.6 Å². The number of anilines is 3. The lowest BCUT2D eigenvalue weighted by atomic mass is 10.2. The summed E-state index contributed by atoms with van der Waals surface area (Å²) in [5, 5.41) is 15.6. The predicted molar refractivity (Wildman–Crippen MR) is 116 cm³/mol. The monoisotopic (exact) mass is 494 g/mol. The van der Waals surface area contributed by atoms with Crippen LogP contribution in [0.2, 0.25) is 5.02 Å². The highest BCUT2D eigenvalue weighted by atomic mass is 35.5. The maximum atomic E-state index is 12.9. The van der Waals surface area contributed by atoms with E-state index in [0.717, 1.165) is 24.3 Å². The number of halogens is 4. The van der Waals surface area contributed by atoms with E-state index in [-0.39, 0.29) is 33.5 Å². The predicted octanol–water partition coefficient (Wildman–Crippen LogP) is 5.20. The summed E-state index contributed by atoms with van der Waals surface area (Å²) < 4.78 is 43.8. The molecule has 0 saturated heterocycles. The molecule has 0 atom stereocenters. The molecule has 2 N–H and O–H groups in total. The van der Waals surface area contributed by atoms with Gasteiger partial charge in [-0.2, -0.15) is 13.2 Å². The minimum absolute atomic E-state index is 0.0353. The number of carbonyl (C=O) groups is 2. The number of nitrogens with zero attached hydrogens (tertiary/aromatic N) is 2. The van der Waals surface area contributed by atoms with Crippen LogP contribution in [0.5, 0.6) is 0 Å². The minimum Gasteiger partial charge on any atom is -0.452 e. The third-order valence-electron chi connectivity index (χ3n) is 4.25. The third-order valence-corrected chi connectivity index (χ3v) is 4.56. The normalized spacial score (nSPS) is 10.9. The first kappa shape index (κ1) is 24.5. The molecule has 34 heavy (non-hydrogen) atoms. The fourth-order valence-electron chi connectivity index (χ4n) is 2.69. The number of pyridine rings is 1. The molecule has 0 aliphatic carbocycles. The van der Waals surface area contributed by atoms with E-state index >= 15 is 0 Å². The average molecular weight is 495 g/mol. The smallest absolute Gasteiger partial charge is 0.416 e. The summed E-state index contributed by atoms with van der Waals surface area (Å²) in [4.78, 5) is 38.6. The average Bonchev–Trinajstić information content (AvgIpc) is 2.78. The first-order valence-corrected chi connectivity index (χ1v) is 9.72. The summed E-state index contributed by atoms with van der Waals surface area (Å²) in [6, 6.07) is 10.4. The van der Waals surface area contributed by atoms with Crippen molar-refractivity contribution in [3.8, 4) is 0 Å². The summed E-state index contributed by atoms with van der Waals surface area (Å²) in [6.45, 7) is -0.732. The molecule has 9 nitrogen and oxygen atoms in total. The molecule has 176 valence electrons. The fraction of sp³-hybridized carbons (Fsp3) is 0.0952. The van der Waals surface area contributed by atoms with Gasteiger partial charge >= 0.3 is 12.1 Å². The van der Waals surface area contributed by atoms with E-state index in [0.29, 0.717) is 0 Å². The minimum atomic E-state index is -4.55. The van der Waals surface area contributed by atoms with Gasteiger partial charge in [0.2, 0.25) is 0 Å². The van der Waals surface area contributed by atoms with Gasteiger partial charge in [-0.05, 0) is 36.4 Å². The molecule has 1 amide bonds. The number of ether oxygens (including phenoxy) is 1. The van der Waals surface area contributed by atoms with Crippen molar-refractivity contribution in [3.63, 3.8) is 0 Å². The van der Waals surface area contributed by atoms with Gasteiger partial charge in [0.15, 0.2) is 6.61 Å². The number of nitro groups is 1. The molecule has 13 heteroatoms. The number of alkyl halides is 3. The lowest BCUT2D eigenvalue weighted by Crippen LogP contribution is -2.21. The van der Waals surface area contributed by atoms with Crippen LogP contribution in [-0.4, -0.2) is 28.4 Å². The maximum absolute atomic E-state index is 12.9. The molecule has 1 aromatic heterocycles. The summed E-state index contributed by atoms with van der Waals surface area (Å²) in [7, 11) is 0. The number of nitrogens with one attached hydrogen (secondary N) is 2. The molecule has 0 unspecified atom stereocenters. The van der Waals surface area contributed by atoms with E-state index < -0.39 is 35.1 Å². The van der Waals surface area contributed by atoms with Gasteiger partial charge in [-0.25, -0.2) is 9.78 Å². The number of nitro benzene ring substituents is 1. The van der Waals surface area contributed by atoms with E-state index in [1.165, 1.54) is 36.5 Å². The highest BCUT2D eigenvalue weighted by molar-refractivity contribution is 6.34. The molecular formula is C21H14ClF3N4O5. The number of carbonyl (C=O) groups excluding carboxylic acids is 2. The first-order chi connectivity index (χ1) is 16.0. The Bertz CT molecular complexity index is 1250. The van der Waals surface area contributed by atoms with Crippen molar-refractivity contribution >= 4 is 46.4 Å². The number of hydrogen-bond acceptors (Lipinski definition) is 7. The Morgan fingerprint density at radius 2 is 1.88 bits per heavy atom. The first-order valence-electron chi connectivity index (χ1n) is 9.35. The molecule has 0 aliphatic heterocycles. The Hall–Kier alpha value is -4.19. The molecule has 2 aromatic carbocycles. The maximum Gasteiger partial charge on any atom is 0.416 e. The van der Waals surface area contributed by atoms with Crippen molar-refractivity contribution < 1.29 is 32.4 Å². The highest BCUT2D eigenvalue weighted by Crippen LogP contribution is 2.31. The van der Waals surface area contributed by atoms with E-state index in [9.17, 15) is 32.9 Å². The van der Waals surface area contributed by atoms with Crippen molar-refractivity contribution in [1.82, 2.24) is 4.98 Å². The second-order valence-electron chi connectivity index (χ2n) is 6.65. The van der Waals surface area contributed by atoms with Crippen LogP contribution >= 0.6 is 11.6 Å². The van der Waals surface area contributed by atoms with Crippen LogP contribution in [0.1, 0.15) is 15.9 Å². The van der Waals surface area contributed by atoms with Gasteiger partial charge in [0, 0.05) is 24.0 Å². The van der Waals surface area contributed by atoms with Gasteiger partial charge in [0.25, 0.3) is 11.6 Å². The van der Waals surface area contributed by atoms with Crippen molar-refractivity contribution in [2.45, 2.75) is 6.18 Å². The van der Waals surface area contributed by atoms with E-state index in [4.69, 9.17) is 16.3 Å². The van der Waals surface area contributed by atoms with E-state index in [1.54, 1.807) is 0 Å². The van der Waals surface area contributed by atoms with Gasteiger partial charge in [0.1, 0.15) is 11.4 Å². The molecule has 1 heterocycles. The summed E-state index contributed by atoms with van der Waals surface area (Å²) in [6.07, 6.45) is -3.24. The molecule has 3 rings (SSSR count). The third kappa shape index (κ3) is 6.19. The summed E-state index contributed by atoms with van der Waals surface area (Å²) in [5.41, 5.74) is -1.18. The lowest BCUT2D eigenvalue weighted by Gasteiger charge is -2.13. The molecule has 0 spiro atoms.